The Hall–Kier alpha value is -1.06. The Morgan fingerprint density at radius 2 is 2.00 bits per heavy atom. The second-order valence-electron chi connectivity index (χ2n) is 5.36. The minimum atomic E-state index is 0.309. The summed E-state index contributed by atoms with van der Waals surface area (Å²) >= 11 is 9.63. The second-order valence-corrected chi connectivity index (χ2v) is 6.64. The molecule has 0 bridgehead atoms. The summed E-state index contributed by atoms with van der Waals surface area (Å²) in [5, 5.41) is 4.08. The summed E-state index contributed by atoms with van der Waals surface area (Å²) in [6.45, 7) is 2.11. The van der Waals surface area contributed by atoms with Gasteiger partial charge < -0.3 is 5.32 Å². The highest BCUT2D eigenvalue weighted by molar-refractivity contribution is 9.10. The molecule has 1 atom stereocenters. The Morgan fingerprint density at radius 1 is 1.30 bits per heavy atom. The van der Waals surface area contributed by atoms with E-state index in [1.807, 2.05) is 6.07 Å². The molecule has 2 nitrogen and oxygen atoms in total. The van der Waals surface area contributed by atoms with Gasteiger partial charge in [-0.3, -0.25) is 0 Å². The SMILES string of the molecule is Cc1ccc(C(Nc2cc(Br)cnc2Cl)C2CC2)cc1. The highest BCUT2D eigenvalue weighted by atomic mass is 79.9. The first kappa shape index (κ1) is 13.9. The van der Waals surface area contributed by atoms with Gasteiger partial charge in [-0.15, -0.1) is 0 Å². The molecular weight excluding hydrogens is 336 g/mol. The third-order valence-corrected chi connectivity index (χ3v) is 4.38. The number of hydrogen-bond acceptors (Lipinski definition) is 2. The summed E-state index contributed by atoms with van der Waals surface area (Å²) in [4.78, 5) is 4.18. The number of rotatable bonds is 4. The van der Waals surface area contributed by atoms with Crippen LogP contribution in [0.1, 0.15) is 30.0 Å². The number of nitrogens with zero attached hydrogens (tertiary/aromatic N) is 1. The van der Waals surface area contributed by atoms with Crippen LogP contribution in [-0.2, 0) is 0 Å². The lowest BCUT2D eigenvalue weighted by molar-refractivity contribution is 0.678. The molecule has 0 saturated heterocycles. The molecule has 4 heteroatoms. The van der Waals surface area contributed by atoms with Crippen molar-refractivity contribution in [3.05, 3.63) is 57.3 Å². The average molecular weight is 352 g/mol. The molecule has 1 fully saturated rings. The highest BCUT2D eigenvalue weighted by Crippen LogP contribution is 2.43. The predicted octanol–water partition coefficient (Wildman–Crippen LogP) is 5.37. The largest absolute Gasteiger partial charge is 0.375 e. The lowest BCUT2D eigenvalue weighted by Crippen LogP contribution is -2.13. The molecule has 1 unspecified atom stereocenters. The van der Waals surface area contributed by atoms with Crippen LogP contribution in [0, 0.1) is 12.8 Å². The monoisotopic (exact) mass is 350 g/mol. The molecule has 0 amide bonds. The first-order valence-electron chi connectivity index (χ1n) is 6.77. The zero-order valence-corrected chi connectivity index (χ0v) is 13.6. The zero-order chi connectivity index (χ0) is 14.1. The Bertz CT molecular complexity index is 608. The maximum absolute atomic E-state index is 6.18. The Kier molecular flexibility index (Phi) is 3.99. The highest BCUT2D eigenvalue weighted by Gasteiger charge is 2.32. The van der Waals surface area contributed by atoms with Crippen molar-refractivity contribution in [3.63, 3.8) is 0 Å². The molecule has 20 heavy (non-hydrogen) atoms. The van der Waals surface area contributed by atoms with Crippen LogP contribution in [0.25, 0.3) is 0 Å². The Balaban J connectivity index is 1.88. The lowest BCUT2D eigenvalue weighted by atomic mass is 10.0. The van der Waals surface area contributed by atoms with E-state index in [1.165, 1.54) is 24.0 Å². The molecule has 1 saturated carbocycles. The normalized spacial score (nSPS) is 15.9. The quantitative estimate of drug-likeness (QED) is 0.749. The van der Waals surface area contributed by atoms with E-state index < -0.39 is 0 Å². The van der Waals surface area contributed by atoms with Crippen LogP contribution in [0.5, 0.6) is 0 Å². The zero-order valence-electron chi connectivity index (χ0n) is 11.2. The third kappa shape index (κ3) is 3.15. The van der Waals surface area contributed by atoms with Gasteiger partial charge in [-0.2, -0.15) is 0 Å². The number of hydrogen-bond donors (Lipinski definition) is 1. The molecule has 1 aliphatic carbocycles. The van der Waals surface area contributed by atoms with Gasteiger partial charge in [-0.25, -0.2) is 4.98 Å². The van der Waals surface area contributed by atoms with Crippen molar-refractivity contribution in [1.82, 2.24) is 4.98 Å². The van der Waals surface area contributed by atoms with Gasteiger partial charge in [0.1, 0.15) is 0 Å². The molecule has 1 aliphatic rings. The molecule has 0 spiro atoms. The van der Waals surface area contributed by atoms with E-state index in [-0.39, 0.29) is 0 Å². The number of benzene rings is 1. The molecule has 1 N–H and O–H groups in total. The number of pyridine rings is 1. The first-order chi connectivity index (χ1) is 9.63. The smallest absolute Gasteiger partial charge is 0.152 e. The summed E-state index contributed by atoms with van der Waals surface area (Å²) in [7, 11) is 0. The number of anilines is 1. The fourth-order valence-corrected chi connectivity index (χ4v) is 2.86. The second kappa shape index (κ2) is 5.74. The summed E-state index contributed by atoms with van der Waals surface area (Å²) in [5.41, 5.74) is 3.48. The first-order valence-corrected chi connectivity index (χ1v) is 7.95. The van der Waals surface area contributed by atoms with E-state index in [0.29, 0.717) is 17.1 Å². The third-order valence-electron chi connectivity index (χ3n) is 3.65. The van der Waals surface area contributed by atoms with Crippen LogP contribution >= 0.6 is 27.5 Å². The molecule has 104 valence electrons. The summed E-state index contributed by atoms with van der Waals surface area (Å²) < 4.78 is 0.933. The van der Waals surface area contributed by atoms with E-state index in [2.05, 4.69) is 57.4 Å². The molecule has 1 heterocycles. The molecule has 2 aromatic rings. The van der Waals surface area contributed by atoms with Crippen molar-refractivity contribution in [1.29, 1.82) is 0 Å². The molecule has 1 aromatic heterocycles. The van der Waals surface area contributed by atoms with Gasteiger partial charge in [0, 0.05) is 10.7 Å². The maximum Gasteiger partial charge on any atom is 0.152 e. The minimum absolute atomic E-state index is 0.309. The summed E-state index contributed by atoms with van der Waals surface area (Å²) in [5.74, 6) is 0.688. The van der Waals surface area contributed by atoms with Crippen molar-refractivity contribution >= 4 is 33.2 Å². The maximum atomic E-state index is 6.18. The average Bonchev–Trinajstić information content (AvgIpc) is 3.25. The predicted molar refractivity (Wildman–Crippen MR) is 87.2 cm³/mol. The van der Waals surface area contributed by atoms with Crippen LogP contribution in [0.15, 0.2) is 41.0 Å². The summed E-state index contributed by atoms with van der Waals surface area (Å²) in [6.07, 6.45) is 4.25. The van der Waals surface area contributed by atoms with Gasteiger partial charge in [0.15, 0.2) is 5.15 Å². The van der Waals surface area contributed by atoms with E-state index in [9.17, 15) is 0 Å². The standard InChI is InChI=1S/C16H16BrClN2/c1-10-2-4-11(5-3-10)15(12-6-7-12)20-14-8-13(17)9-19-16(14)18/h2-5,8-9,12,15,20H,6-7H2,1H3. The van der Waals surface area contributed by atoms with Gasteiger partial charge in [-0.05, 0) is 53.2 Å². The van der Waals surface area contributed by atoms with Crippen LogP contribution < -0.4 is 5.32 Å². The number of aromatic nitrogens is 1. The number of halogens is 2. The molecule has 3 rings (SSSR count). The van der Waals surface area contributed by atoms with Crippen molar-refractivity contribution in [2.75, 3.05) is 5.32 Å². The van der Waals surface area contributed by atoms with Crippen LogP contribution in [0.2, 0.25) is 5.15 Å². The van der Waals surface area contributed by atoms with E-state index >= 15 is 0 Å². The van der Waals surface area contributed by atoms with E-state index in [1.54, 1.807) is 6.20 Å². The van der Waals surface area contributed by atoms with Crippen molar-refractivity contribution in [3.8, 4) is 0 Å². The van der Waals surface area contributed by atoms with Gasteiger partial charge in [0.2, 0.25) is 0 Å². The van der Waals surface area contributed by atoms with Crippen LogP contribution in [-0.4, -0.2) is 4.98 Å². The van der Waals surface area contributed by atoms with Crippen molar-refractivity contribution in [2.45, 2.75) is 25.8 Å². The fraction of sp³-hybridized carbons (Fsp3) is 0.312. The van der Waals surface area contributed by atoms with Crippen molar-refractivity contribution in [2.24, 2.45) is 5.92 Å². The van der Waals surface area contributed by atoms with Crippen LogP contribution in [0.4, 0.5) is 5.69 Å². The van der Waals surface area contributed by atoms with Gasteiger partial charge in [0.25, 0.3) is 0 Å². The molecule has 0 radical (unpaired) electrons. The molecular formula is C16H16BrClN2. The van der Waals surface area contributed by atoms with Gasteiger partial charge in [0.05, 0.1) is 11.7 Å². The summed E-state index contributed by atoms with van der Waals surface area (Å²) in [6, 6.07) is 11.0. The fourth-order valence-electron chi connectivity index (χ4n) is 2.37. The van der Waals surface area contributed by atoms with Gasteiger partial charge >= 0.3 is 0 Å². The Labute approximate surface area is 132 Å². The Morgan fingerprint density at radius 3 is 2.65 bits per heavy atom. The minimum Gasteiger partial charge on any atom is -0.375 e. The van der Waals surface area contributed by atoms with Crippen LogP contribution in [0.3, 0.4) is 0 Å². The van der Waals surface area contributed by atoms with E-state index in [4.69, 9.17) is 11.6 Å². The lowest BCUT2D eigenvalue weighted by Gasteiger charge is -2.21. The van der Waals surface area contributed by atoms with Gasteiger partial charge in [-0.1, -0.05) is 41.4 Å². The van der Waals surface area contributed by atoms with E-state index in [0.717, 1.165) is 10.2 Å². The van der Waals surface area contributed by atoms with Crippen molar-refractivity contribution < 1.29 is 0 Å². The topological polar surface area (TPSA) is 24.9 Å². The molecule has 0 aliphatic heterocycles. The number of aryl methyl sites for hydroxylation is 1. The number of nitrogens with one attached hydrogen (secondary N) is 1. The molecule has 1 aromatic carbocycles.